The maximum absolute atomic E-state index is 9.97. The Kier molecular flexibility index (Phi) is 3.68. The predicted molar refractivity (Wildman–Crippen MR) is 88.7 cm³/mol. The first kappa shape index (κ1) is 15.1. The first-order chi connectivity index (χ1) is 9.90. The quantitative estimate of drug-likeness (QED) is 0.827. The number of hydrogen-bond acceptors (Lipinski definition) is 1. The highest BCUT2D eigenvalue weighted by Crippen LogP contribution is 2.57. The number of rotatable bonds is 2. The maximum Gasteiger partial charge on any atom is 0.0487 e. The van der Waals surface area contributed by atoms with E-state index in [0.717, 1.165) is 0 Å². The first-order valence-corrected chi connectivity index (χ1v) is 8.65. The fourth-order valence-electron chi connectivity index (χ4n) is 5.19. The minimum Gasteiger partial charge on any atom is -0.396 e. The second-order valence-corrected chi connectivity index (χ2v) is 8.25. The molecule has 3 rings (SSSR count). The molecule has 0 amide bonds. The third-order valence-electron chi connectivity index (χ3n) is 6.53. The number of fused-ring (bicyclic) bond motifs is 3. The van der Waals surface area contributed by atoms with Gasteiger partial charge in [-0.2, -0.15) is 0 Å². The summed E-state index contributed by atoms with van der Waals surface area (Å²) in [5.74, 6) is 1.23. The Labute approximate surface area is 129 Å². The standard InChI is InChI=1S/C20H30O/c1-14(2)15-6-8-17-16(12-15)7-9-18-19(3,13-21)10-5-11-20(17,18)4/h6,8,12,14,18,21H,5,7,9-11,13H2,1-4H3/t18-,19?,20+/m0/s1. The number of benzene rings is 1. The van der Waals surface area contributed by atoms with Gasteiger partial charge >= 0.3 is 0 Å². The fraction of sp³-hybridized carbons (Fsp3) is 0.700. The minimum atomic E-state index is 0.113. The Morgan fingerprint density at radius 1 is 1.24 bits per heavy atom. The van der Waals surface area contributed by atoms with Gasteiger partial charge in [0.1, 0.15) is 0 Å². The average Bonchev–Trinajstić information content (AvgIpc) is 2.46. The highest BCUT2D eigenvalue weighted by molar-refractivity contribution is 5.42. The van der Waals surface area contributed by atoms with E-state index in [2.05, 4.69) is 45.9 Å². The molecule has 0 aromatic heterocycles. The Morgan fingerprint density at radius 2 is 2.00 bits per heavy atom. The van der Waals surface area contributed by atoms with Crippen molar-refractivity contribution in [1.82, 2.24) is 0 Å². The lowest BCUT2D eigenvalue weighted by molar-refractivity contribution is -0.0179. The SMILES string of the molecule is CC(C)c1ccc2c(c1)CC[C@H]1C(C)(CO)CCC[C@]21C. The van der Waals surface area contributed by atoms with Gasteiger partial charge in [0.25, 0.3) is 0 Å². The molecule has 1 N–H and O–H groups in total. The highest BCUT2D eigenvalue weighted by Gasteiger charge is 2.51. The lowest BCUT2D eigenvalue weighted by Gasteiger charge is -2.55. The monoisotopic (exact) mass is 286 g/mol. The third-order valence-corrected chi connectivity index (χ3v) is 6.53. The Hall–Kier alpha value is -0.820. The molecule has 0 heterocycles. The van der Waals surface area contributed by atoms with Gasteiger partial charge in [0.2, 0.25) is 0 Å². The van der Waals surface area contributed by atoms with Gasteiger partial charge in [0.15, 0.2) is 0 Å². The lowest BCUT2D eigenvalue weighted by atomic mass is 9.50. The van der Waals surface area contributed by atoms with E-state index in [1.54, 1.807) is 11.1 Å². The third kappa shape index (κ3) is 2.25. The van der Waals surface area contributed by atoms with E-state index in [-0.39, 0.29) is 10.8 Å². The zero-order valence-corrected chi connectivity index (χ0v) is 14.1. The van der Waals surface area contributed by atoms with Crippen LogP contribution >= 0.6 is 0 Å². The van der Waals surface area contributed by atoms with Gasteiger partial charge in [0, 0.05) is 6.61 Å². The summed E-state index contributed by atoms with van der Waals surface area (Å²) in [7, 11) is 0. The summed E-state index contributed by atoms with van der Waals surface area (Å²) < 4.78 is 0. The van der Waals surface area contributed by atoms with E-state index in [1.807, 2.05) is 0 Å². The summed E-state index contributed by atoms with van der Waals surface area (Å²) in [6.45, 7) is 9.66. The van der Waals surface area contributed by atoms with Crippen LogP contribution in [0.2, 0.25) is 0 Å². The molecule has 0 saturated heterocycles. The van der Waals surface area contributed by atoms with Crippen LogP contribution in [-0.4, -0.2) is 11.7 Å². The van der Waals surface area contributed by atoms with Crippen LogP contribution < -0.4 is 0 Å². The molecule has 0 radical (unpaired) electrons. The number of hydrogen-bond donors (Lipinski definition) is 1. The fourth-order valence-corrected chi connectivity index (χ4v) is 5.19. The molecule has 1 saturated carbocycles. The molecule has 116 valence electrons. The van der Waals surface area contributed by atoms with Gasteiger partial charge < -0.3 is 5.11 Å². The predicted octanol–water partition coefficient (Wildman–Crippen LogP) is 4.81. The molecular formula is C20H30O. The van der Waals surface area contributed by atoms with Crippen molar-refractivity contribution in [3.05, 3.63) is 34.9 Å². The number of aliphatic hydroxyl groups is 1. The molecule has 1 nitrogen and oxygen atoms in total. The van der Waals surface area contributed by atoms with Crippen LogP contribution in [0.15, 0.2) is 18.2 Å². The van der Waals surface area contributed by atoms with E-state index >= 15 is 0 Å². The minimum absolute atomic E-state index is 0.113. The molecule has 1 aromatic carbocycles. The van der Waals surface area contributed by atoms with Crippen LogP contribution in [0.1, 0.15) is 76.0 Å². The molecule has 0 spiro atoms. The van der Waals surface area contributed by atoms with E-state index in [1.165, 1.54) is 37.7 Å². The van der Waals surface area contributed by atoms with Crippen LogP contribution in [-0.2, 0) is 11.8 Å². The van der Waals surface area contributed by atoms with Crippen molar-refractivity contribution in [3.8, 4) is 0 Å². The van der Waals surface area contributed by atoms with E-state index in [0.29, 0.717) is 18.4 Å². The summed E-state index contributed by atoms with van der Waals surface area (Å²) >= 11 is 0. The molecule has 21 heavy (non-hydrogen) atoms. The zero-order chi connectivity index (χ0) is 15.3. The summed E-state index contributed by atoms with van der Waals surface area (Å²) in [5.41, 5.74) is 4.99. The Bertz CT molecular complexity index is 533. The summed E-state index contributed by atoms with van der Waals surface area (Å²) in [4.78, 5) is 0. The van der Waals surface area contributed by atoms with Crippen LogP contribution in [0, 0.1) is 11.3 Å². The van der Waals surface area contributed by atoms with Gasteiger partial charge in [-0.1, -0.05) is 52.3 Å². The normalized spacial score (nSPS) is 35.4. The van der Waals surface area contributed by atoms with Crippen molar-refractivity contribution in [2.75, 3.05) is 6.61 Å². The summed E-state index contributed by atoms with van der Waals surface area (Å²) in [6, 6.07) is 7.19. The highest BCUT2D eigenvalue weighted by atomic mass is 16.3. The van der Waals surface area contributed by atoms with Gasteiger partial charge in [-0.3, -0.25) is 0 Å². The smallest absolute Gasteiger partial charge is 0.0487 e. The molecule has 1 heteroatoms. The van der Waals surface area contributed by atoms with Crippen molar-refractivity contribution in [3.63, 3.8) is 0 Å². The van der Waals surface area contributed by atoms with Crippen molar-refractivity contribution in [2.24, 2.45) is 11.3 Å². The van der Waals surface area contributed by atoms with E-state index in [4.69, 9.17) is 0 Å². The van der Waals surface area contributed by atoms with Crippen molar-refractivity contribution in [1.29, 1.82) is 0 Å². The summed E-state index contributed by atoms with van der Waals surface area (Å²) in [6.07, 6.45) is 6.13. The van der Waals surface area contributed by atoms with Crippen LogP contribution in [0.25, 0.3) is 0 Å². The van der Waals surface area contributed by atoms with Gasteiger partial charge in [-0.25, -0.2) is 0 Å². The van der Waals surface area contributed by atoms with Crippen LogP contribution in [0.3, 0.4) is 0 Å². The number of aliphatic hydroxyl groups excluding tert-OH is 1. The Morgan fingerprint density at radius 3 is 2.67 bits per heavy atom. The maximum atomic E-state index is 9.97. The second-order valence-electron chi connectivity index (χ2n) is 8.25. The first-order valence-electron chi connectivity index (χ1n) is 8.65. The van der Waals surface area contributed by atoms with Crippen molar-refractivity contribution in [2.45, 2.75) is 71.1 Å². The molecule has 1 unspecified atom stereocenters. The summed E-state index contributed by atoms with van der Waals surface area (Å²) in [5, 5.41) is 9.97. The molecule has 0 aliphatic heterocycles. The second kappa shape index (κ2) is 5.12. The van der Waals surface area contributed by atoms with Crippen LogP contribution in [0.4, 0.5) is 0 Å². The molecular weight excluding hydrogens is 256 g/mol. The largest absolute Gasteiger partial charge is 0.396 e. The van der Waals surface area contributed by atoms with Gasteiger partial charge in [-0.15, -0.1) is 0 Å². The zero-order valence-electron chi connectivity index (χ0n) is 14.1. The van der Waals surface area contributed by atoms with Crippen LogP contribution in [0.5, 0.6) is 0 Å². The number of aryl methyl sites for hydroxylation is 1. The van der Waals surface area contributed by atoms with E-state index in [9.17, 15) is 5.11 Å². The Balaban J connectivity index is 2.05. The molecule has 1 aromatic rings. The molecule has 3 atom stereocenters. The van der Waals surface area contributed by atoms with Gasteiger partial charge in [-0.05, 0) is 65.0 Å². The molecule has 1 fully saturated rings. The van der Waals surface area contributed by atoms with Crippen molar-refractivity contribution < 1.29 is 5.11 Å². The molecule has 0 bridgehead atoms. The topological polar surface area (TPSA) is 20.2 Å². The van der Waals surface area contributed by atoms with E-state index < -0.39 is 0 Å². The molecule has 2 aliphatic rings. The van der Waals surface area contributed by atoms with Gasteiger partial charge in [0.05, 0.1) is 0 Å². The lowest BCUT2D eigenvalue weighted by Crippen LogP contribution is -2.50. The van der Waals surface area contributed by atoms with Crippen molar-refractivity contribution >= 4 is 0 Å². The molecule has 2 aliphatic carbocycles. The average molecular weight is 286 g/mol.